The molecule has 2 aromatic carbocycles. The lowest BCUT2D eigenvalue weighted by atomic mass is 9.90. The maximum absolute atomic E-state index is 12.9. The lowest BCUT2D eigenvalue weighted by Crippen LogP contribution is -2.43. The van der Waals surface area contributed by atoms with E-state index in [9.17, 15) is 19.2 Å². The molecule has 0 spiro atoms. The number of rotatable bonds is 8. The van der Waals surface area contributed by atoms with Crippen molar-refractivity contribution in [2.45, 2.75) is 37.6 Å². The first-order valence-electron chi connectivity index (χ1n) is 12.1. The highest BCUT2D eigenvalue weighted by atomic mass is 16.5. The van der Waals surface area contributed by atoms with E-state index in [0.717, 1.165) is 50.4 Å². The SMILES string of the molecule is COc1ccc([C@@H](CNC(=O)CN2C(=O)C(=O)N(C3CCCC3)C2=O)c2c[nH]c3ccccc23)cc1. The number of carbonyl (C=O) groups excluding carboxylic acids is 4. The number of aromatic nitrogens is 1. The smallest absolute Gasteiger partial charge is 0.334 e. The van der Waals surface area contributed by atoms with Gasteiger partial charge in [0, 0.05) is 35.6 Å². The molecule has 2 aliphatic rings. The predicted octanol–water partition coefficient (Wildman–Crippen LogP) is 3.16. The van der Waals surface area contributed by atoms with E-state index in [1.165, 1.54) is 0 Å². The molecular weight excluding hydrogens is 460 g/mol. The fraction of sp³-hybridized carbons (Fsp3) is 0.333. The fourth-order valence-electron chi connectivity index (χ4n) is 5.19. The highest BCUT2D eigenvalue weighted by Crippen LogP contribution is 2.32. The van der Waals surface area contributed by atoms with Gasteiger partial charge in [-0.1, -0.05) is 43.2 Å². The van der Waals surface area contributed by atoms with E-state index in [2.05, 4.69) is 10.3 Å². The number of para-hydroxylation sites is 1. The average Bonchev–Trinajstić information content (AvgIpc) is 3.62. The largest absolute Gasteiger partial charge is 0.497 e. The van der Waals surface area contributed by atoms with Crippen LogP contribution < -0.4 is 10.1 Å². The number of H-pyrrole nitrogens is 1. The molecule has 0 radical (unpaired) electrons. The van der Waals surface area contributed by atoms with Gasteiger partial charge >= 0.3 is 17.8 Å². The lowest BCUT2D eigenvalue weighted by molar-refractivity contribution is -0.144. The summed E-state index contributed by atoms with van der Waals surface area (Å²) in [5.74, 6) is -1.75. The molecule has 2 N–H and O–H groups in total. The number of hydrogen-bond acceptors (Lipinski definition) is 5. The standard InChI is InChI=1S/C27H28N4O5/c1-36-19-12-10-17(11-13-19)21(22-15-28-23-9-5-4-8-20(22)23)14-29-24(32)16-30-25(33)26(34)31(27(30)35)18-6-2-3-7-18/h4-5,8-13,15,18,21,28H,2-3,6-7,14,16H2,1H3,(H,29,32)/t21-/m1/s1. The van der Waals surface area contributed by atoms with Crippen LogP contribution in [-0.2, 0) is 14.4 Å². The van der Waals surface area contributed by atoms with Crippen molar-refractivity contribution in [3.8, 4) is 5.75 Å². The second-order valence-electron chi connectivity index (χ2n) is 9.21. The number of nitrogens with one attached hydrogen (secondary N) is 2. The summed E-state index contributed by atoms with van der Waals surface area (Å²) in [5.41, 5.74) is 2.96. The molecule has 1 atom stereocenters. The van der Waals surface area contributed by atoms with Crippen LogP contribution in [-0.4, -0.2) is 64.8 Å². The third-order valence-electron chi connectivity index (χ3n) is 7.09. The number of benzene rings is 2. The summed E-state index contributed by atoms with van der Waals surface area (Å²) in [6, 6.07) is 14.6. The zero-order chi connectivity index (χ0) is 25.2. The summed E-state index contributed by atoms with van der Waals surface area (Å²) in [6.07, 6.45) is 5.14. The lowest BCUT2D eigenvalue weighted by Gasteiger charge is -2.21. The molecule has 9 nitrogen and oxygen atoms in total. The van der Waals surface area contributed by atoms with E-state index in [1.54, 1.807) is 7.11 Å². The number of urea groups is 1. The molecule has 1 saturated heterocycles. The van der Waals surface area contributed by atoms with Gasteiger partial charge in [-0.05, 0) is 42.2 Å². The number of fused-ring (bicyclic) bond motifs is 1. The van der Waals surface area contributed by atoms with E-state index in [1.807, 2.05) is 54.7 Å². The maximum atomic E-state index is 12.9. The number of hydrogen-bond donors (Lipinski definition) is 2. The number of ether oxygens (including phenoxy) is 1. The van der Waals surface area contributed by atoms with Crippen molar-refractivity contribution in [1.82, 2.24) is 20.1 Å². The monoisotopic (exact) mass is 488 g/mol. The molecule has 2 heterocycles. The Morgan fingerprint density at radius 2 is 1.78 bits per heavy atom. The summed E-state index contributed by atoms with van der Waals surface area (Å²) in [5, 5.41) is 3.91. The van der Waals surface area contributed by atoms with Crippen LogP contribution in [0.1, 0.15) is 42.7 Å². The minimum Gasteiger partial charge on any atom is -0.497 e. The van der Waals surface area contributed by atoms with Crippen molar-refractivity contribution >= 4 is 34.7 Å². The molecular formula is C27H28N4O5. The Morgan fingerprint density at radius 3 is 2.50 bits per heavy atom. The fourth-order valence-corrected chi connectivity index (χ4v) is 5.19. The Balaban J connectivity index is 1.33. The maximum Gasteiger partial charge on any atom is 0.334 e. The highest BCUT2D eigenvalue weighted by Gasteiger charge is 2.48. The normalized spacial score (nSPS) is 17.3. The summed E-state index contributed by atoms with van der Waals surface area (Å²) in [4.78, 5) is 55.7. The summed E-state index contributed by atoms with van der Waals surface area (Å²) in [7, 11) is 1.60. The third-order valence-corrected chi connectivity index (χ3v) is 7.09. The predicted molar refractivity (Wildman–Crippen MR) is 132 cm³/mol. The van der Waals surface area contributed by atoms with Crippen molar-refractivity contribution in [2.24, 2.45) is 0 Å². The van der Waals surface area contributed by atoms with Gasteiger partial charge in [0.1, 0.15) is 12.3 Å². The first-order chi connectivity index (χ1) is 17.5. The van der Waals surface area contributed by atoms with Crippen molar-refractivity contribution in [3.63, 3.8) is 0 Å². The summed E-state index contributed by atoms with van der Waals surface area (Å²) < 4.78 is 5.28. The first-order valence-corrected chi connectivity index (χ1v) is 12.1. The second-order valence-corrected chi connectivity index (χ2v) is 9.21. The van der Waals surface area contributed by atoms with E-state index >= 15 is 0 Å². The molecule has 0 bridgehead atoms. The van der Waals surface area contributed by atoms with Crippen molar-refractivity contribution in [2.75, 3.05) is 20.2 Å². The zero-order valence-corrected chi connectivity index (χ0v) is 20.0. The first kappa shape index (κ1) is 23.6. The number of nitrogens with zero attached hydrogens (tertiary/aromatic N) is 2. The Morgan fingerprint density at radius 1 is 1.06 bits per heavy atom. The van der Waals surface area contributed by atoms with Crippen LogP contribution in [0, 0.1) is 0 Å². The molecule has 1 saturated carbocycles. The van der Waals surface area contributed by atoms with Gasteiger partial charge in [-0.3, -0.25) is 19.3 Å². The van der Waals surface area contributed by atoms with E-state index < -0.39 is 30.3 Å². The Hall–Kier alpha value is -4.14. The number of aromatic amines is 1. The van der Waals surface area contributed by atoms with Gasteiger partial charge in [0.2, 0.25) is 5.91 Å². The van der Waals surface area contributed by atoms with Gasteiger partial charge in [0.15, 0.2) is 0 Å². The molecule has 2 fully saturated rings. The minimum atomic E-state index is -0.939. The minimum absolute atomic E-state index is 0.197. The quantitative estimate of drug-likeness (QED) is 0.374. The van der Waals surface area contributed by atoms with Gasteiger partial charge in [-0.25, -0.2) is 9.69 Å². The van der Waals surface area contributed by atoms with Crippen molar-refractivity contribution in [1.29, 1.82) is 0 Å². The number of methoxy groups -OCH3 is 1. The van der Waals surface area contributed by atoms with E-state index in [-0.39, 0.29) is 18.5 Å². The zero-order valence-electron chi connectivity index (χ0n) is 20.0. The van der Waals surface area contributed by atoms with Crippen LogP contribution in [0.3, 0.4) is 0 Å². The molecule has 0 unspecified atom stereocenters. The molecule has 1 aliphatic carbocycles. The number of imide groups is 2. The van der Waals surface area contributed by atoms with Gasteiger partial charge in [-0.15, -0.1) is 0 Å². The summed E-state index contributed by atoms with van der Waals surface area (Å²) in [6.45, 7) is -0.251. The van der Waals surface area contributed by atoms with Crippen LogP contribution in [0.15, 0.2) is 54.7 Å². The van der Waals surface area contributed by atoms with Crippen molar-refractivity contribution < 1.29 is 23.9 Å². The highest BCUT2D eigenvalue weighted by molar-refractivity contribution is 6.45. The Bertz CT molecular complexity index is 1310. The van der Waals surface area contributed by atoms with E-state index in [4.69, 9.17) is 4.74 Å². The van der Waals surface area contributed by atoms with Crippen LogP contribution in [0.5, 0.6) is 5.75 Å². The average molecular weight is 489 g/mol. The van der Waals surface area contributed by atoms with E-state index in [0.29, 0.717) is 12.8 Å². The van der Waals surface area contributed by atoms with Crippen LogP contribution in [0.25, 0.3) is 10.9 Å². The summed E-state index contributed by atoms with van der Waals surface area (Å²) >= 11 is 0. The van der Waals surface area contributed by atoms with Gasteiger partial charge < -0.3 is 15.0 Å². The van der Waals surface area contributed by atoms with Gasteiger partial charge in [0.25, 0.3) is 0 Å². The molecule has 1 aliphatic heterocycles. The molecule has 9 heteroatoms. The molecule has 3 aromatic rings. The molecule has 5 amide bonds. The molecule has 5 rings (SSSR count). The van der Waals surface area contributed by atoms with Gasteiger partial charge in [0.05, 0.1) is 7.11 Å². The van der Waals surface area contributed by atoms with Crippen LogP contribution in [0.2, 0.25) is 0 Å². The van der Waals surface area contributed by atoms with Gasteiger partial charge in [-0.2, -0.15) is 0 Å². The Kier molecular flexibility index (Phi) is 6.45. The van der Waals surface area contributed by atoms with Crippen molar-refractivity contribution in [3.05, 3.63) is 65.9 Å². The second kappa shape index (κ2) is 9.85. The molecule has 36 heavy (non-hydrogen) atoms. The Labute approximate surface area is 208 Å². The molecule has 1 aromatic heterocycles. The third kappa shape index (κ3) is 4.32. The number of carbonyl (C=O) groups is 4. The topological polar surface area (TPSA) is 112 Å². The number of amides is 5. The van der Waals surface area contributed by atoms with Crippen LogP contribution in [0.4, 0.5) is 4.79 Å². The molecule has 186 valence electrons. The van der Waals surface area contributed by atoms with Crippen LogP contribution >= 0.6 is 0 Å².